The zero-order valence-corrected chi connectivity index (χ0v) is 22.2. The molecule has 4 aliphatic rings. The summed E-state index contributed by atoms with van der Waals surface area (Å²) < 4.78 is 12.8. The van der Waals surface area contributed by atoms with Gasteiger partial charge in [-0.3, -0.25) is 9.59 Å². The molecule has 4 nitrogen and oxygen atoms in total. The fraction of sp³-hybridized carbons (Fsp3) is 0.613. The molecule has 190 valence electrons. The van der Waals surface area contributed by atoms with E-state index >= 15 is 0 Å². The topological polar surface area (TPSA) is 52.6 Å². The SMILES string of the molecule is CCC1C=CC=CC1(CC)OC(=O)C1C(C(=O)OC2(CC)C=CC=CC2CC)C2C=CC1C2(C)C. The van der Waals surface area contributed by atoms with Crippen LogP contribution >= 0.6 is 0 Å². The van der Waals surface area contributed by atoms with Crippen LogP contribution in [0, 0.1) is 40.9 Å². The molecule has 0 heterocycles. The van der Waals surface area contributed by atoms with Crippen LogP contribution in [0.3, 0.4) is 0 Å². The van der Waals surface area contributed by atoms with E-state index in [0.29, 0.717) is 12.8 Å². The lowest BCUT2D eigenvalue weighted by Gasteiger charge is -2.40. The molecular formula is C31H42O4. The maximum Gasteiger partial charge on any atom is 0.311 e. The Morgan fingerprint density at radius 2 is 1.06 bits per heavy atom. The van der Waals surface area contributed by atoms with Gasteiger partial charge in [-0.15, -0.1) is 0 Å². The number of carbonyl (C=O) groups excluding carboxylic acids is 2. The minimum atomic E-state index is -0.667. The summed E-state index contributed by atoms with van der Waals surface area (Å²) in [4.78, 5) is 27.9. The number of carbonyl (C=O) groups is 2. The predicted octanol–water partition coefficient (Wildman–Crippen LogP) is 6.75. The van der Waals surface area contributed by atoms with Gasteiger partial charge in [0.1, 0.15) is 11.2 Å². The molecule has 0 spiro atoms. The first-order valence-corrected chi connectivity index (χ1v) is 13.6. The summed E-state index contributed by atoms with van der Waals surface area (Å²) in [5.74, 6) is -1.45. The Hall–Kier alpha value is -2.36. The van der Waals surface area contributed by atoms with Gasteiger partial charge in [0.15, 0.2) is 0 Å². The van der Waals surface area contributed by atoms with Crippen molar-refractivity contribution in [1.29, 1.82) is 0 Å². The van der Waals surface area contributed by atoms with Crippen LogP contribution in [-0.4, -0.2) is 23.1 Å². The second-order valence-electron chi connectivity index (χ2n) is 11.3. The lowest BCUT2D eigenvalue weighted by Crippen LogP contribution is -2.47. The van der Waals surface area contributed by atoms with Crippen LogP contribution in [0.2, 0.25) is 0 Å². The van der Waals surface area contributed by atoms with E-state index in [1.165, 1.54) is 0 Å². The van der Waals surface area contributed by atoms with E-state index in [2.05, 4.69) is 65.8 Å². The van der Waals surface area contributed by atoms with Gasteiger partial charge in [-0.1, -0.05) is 90.2 Å². The molecule has 4 aliphatic carbocycles. The molecule has 8 atom stereocenters. The van der Waals surface area contributed by atoms with Gasteiger partial charge >= 0.3 is 11.9 Å². The molecule has 4 heteroatoms. The van der Waals surface area contributed by atoms with E-state index in [9.17, 15) is 9.59 Å². The fourth-order valence-electron chi connectivity index (χ4n) is 7.16. The number of rotatable bonds is 8. The van der Waals surface area contributed by atoms with Crippen molar-refractivity contribution in [3.05, 3.63) is 60.8 Å². The van der Waals surface area contributed by atoms with Gasteiger partial charge in [0.2, 0.25) is 0 Å². The Morgan fingerprint density at radius 3 is 1.40 bits per heavy atom. The predicted molar refractivity (Wildman–Crippen MR) is 139 cm³/mol. The highest BCUT2D eigenvalue weighted by Crippen LogP contribution is 2.60. The first-order chi connectivity index (χ1) is 16.7. The zero-order valence-electron chi connectivity index (χ0n) is 22.2. The van der Waals surface area contributed by atoms with Crippen molar-refractivity contribution in [2.24, 2.45) is 40.9 Å². The van der Waals surface area contributed by atoms with E-state index in [-0.39, 0.29) is 41.0 Å². The molecule has 2 bridgehead atoms. The minimum Gasteiger partial charge on any atom is -0.454 e. The van der Waals surface area contributed by atoms with Gasteiger partial charge in [0, 0.05) is 11.8 Å². The molecule has 0 aromatic heterocycles. The average molecular weight is 479 g/mol. The molecule has 1 saturated carbocycles. The molecule has 0 amide bonds. The van der Waals surface area contributed by atoms with Crippen LogP contribution in [0.1, 0.15) is 67.2 Å². The monoisotopic (exact) mass is 478 g/mol. The summed E-state index contributed by atoms with van der Waals surface area (Å²) in [6.07, 6.45) is 23.7. The van der Waals surface area contributed by atoms with Crippen molar-refractivity contribution >= 4 is 11.9 Å². The maximum absolute atomic E-state index is 13.9. The van der Waals surface area contributed by atoms with Crippen molar-refractivity contribution in [3.63, 3.8) is 0 Å². The molecule has 0 aromatic carbocycles. The lowest BCUT2D eigenvalue weighted by molar-refractivity contribution is -0.178. The summed E-state index contributed by atoms with van der Waals surface area (Å²) in [7, 11) is 0. The summed E-state index contributed by atoms with van der Waals surface area (Å²) in [6.45, 7) is 12.7. The third-order valence-electron chi connectivity index (χ3n) is 9.44. The molecule has 0 radical (unpaired) electrons. The Kier molecular flexibility index (Phi) is 7.05. The number of ether oxygens (including phenoxy) is 2. The fourth-order valence-corrected chi connectivity index (χ4v) is 7.16. The van der Waals surface area contributed by atoms with Crippen molar-refractivity contribution < 1.29 is 19.1 Å². The van der Waals surface area contributed by atoms with Gasteiger partial charge < -0.3 is 9.47 Å². The smallest absolute Gasteiger partial charge is 0.311 e. The molecule has 4 rings (SSSR count). The Balaban J connectivity index is 1.64. The molecule has 0 aliphatic heterocycles. The lowest BCUT2D eigenvalue weighted by atomic mass is 9.78. The molecule has 1 fully saturated rings. The quantitative estimate of drug-likeness (QED) is 0.286. The number of esters is 2. The van der Waals surface area contributed by atoms with Gasteiger partial charge in [0.25, 0.3) is 0 Å². The zero-order chi connectivity index (χ0) is 25.4. The highest BCUT2D eigenvalue weighted by Gasteiger charge is 2.63. The van der Waals surface area contributed by atoms with Crippen LogP contribution in [0.25, 0.3) is 0 Å². The third-order valence-corrected chi connectivity index (χ3v) is 9.44. The van der Waals surface area contributed by atoms with E-state index in [0.717, 1.165) is 12.8 Å². The second kappa shape index (κ2) is 9.59. The van der Waals surface area contributed by atoms with Crippen LogP contribution in [0.4, 0.5) is 0 Å². The average Bonchev–Trinajstić information content (AvgIpc) is 3.28. The maximum atomic E-state index is 13.9. The Morgan fingerprint density at radius 1 is 0.657 bits per heavy atom. The van der Waals surface area contributed by atoms with Crippen LogP contribution < -0.4 is 0 Å². The number of allylic oxidation sites excluding steroid dienone is 6. The van der Waals surface area contributed by atoms with Gasteiger partial charge in [-0.25, -0.2) is 0 Å². The van der Waals surface area contributed by atoms with Crippen LogP contribution in [-0.2, 0) is 19.1 Å². The van der Waals surface area contributed by atoms with Crippen molar-refractivity contribution in [2.45, 2.75) is 78.4 Å². The van der Waals surface area contributed by atoms with Gasteiger partial charge in [-0.05, 0) is 55.1 Å². The van der Waals surface area contributed by atoms with E-state index < -0.39 is 23.0 Å². The van der Waals surface area contributed by atoms with Gasteiger partial charge in [0.05, 0.1) is 11.8 Å². The van der Waals surface area contributed by atoms with Crippen molar-refractivity contribution in [3.8, 4) is 0 Å². The van der Waals surface area contributed by atoms with E-state index in [4.69, 9.17) is 9.47 Å². The molecule has 0 aromatic rings. The standard InChI is InChI=1S/C31H42O4/c1-7-21-15-11-13-19-30(21,9-3)34-27(32)25-23-17-18-24(29(23,5)6)26(25)28(33)35-31(10-4)20-14-12-16-22(31)8-2/h11-26H,7-10H2,1-6H3. The van der Waals surface area contributed by atoms with Gasteiger partial charge in [-0.2, -0.15) is 0 Å². The summed E-state index contributed by atoms with van der Waals surface area (Å²) in [6, 6.07) is 0. The number of fused-ring (bicyclic) bond motifs is 2. The molecule has 0 N–H and O–H groups in total. The van der Waals surface area contributed by atoms with Crippen LogP contribution in [0.15, 0.2) is 60.8 Å². The molecule has 35 heavy (non-hydrogen) atoms. The summed E-state index contributed by atoms with van der Waals surface area (Å²) >= 11 is 0. The second-order valence-corrected chi connectivity index (χ2v) is 11.3. The summed E-state index contributed by atoms with van der Waals surface area (Å²) in [5, 5.41) is 0. The molecule has 8 unspecified atom stereocenters. The molecular weight excluding hydrogens is 436 g/mol. The van der Waals surface area contributed by atoms with Crippen molar-refractivity contribution in [1.82, 2.24) is 0 Å². The largest absolute Gasteiger partial charge is 0.454 e. The van der Waals surface area contributed by atoms with Crippen LogP contribution in [0.5, 0.6) is 0 Å². The molecule has 0 saturated heterocycles. The Labute approximate surface area is 211 Å². The highest BCUT2D eigenvalue weighted by molar-refractivity contribution is 5.85. The van der Waals surface area contributed by atoms with E-state index in [1.807, 2.05) is 36.5 Å². The first kappa shape index (κ1) is 25.7. The minimum absolute atomic E-state index is 0.0454. The van der Waals surface area contributed by atoms with E-state index in [1.54, 1.807) is 0 Å². The number of hydrogen-bond acceptors (Lipinski definition) is 4. The third kappa shape index (κ3) is 4.07. The summed E-state index contributed by atoms with van der Waals surface area (Å²) in [5.41, 5.74) is -1.54. The number of hydrogen-bond donors (Lipinski definition) is 0. The normalized spacial score (nSPS) is 40.3. The first-order valence-electron chi connectivity index (χ1n) is 13.6. The van der Waals surface area contributed by atoms with Crippen molar-refractivity contribution in [2.75, 3.05) is 0 Å². The Bertz CT molecular complexity index is 906. The highest BCUT2D eigenvalue weighted by atomic mass is 16.6.